The fourth-order valence-corrected chi connectivity index (χ4v) is 6.75. The van der Waals surface area contributed by atoms with Gasteiger partial charge in [-0.3, -0.25) is 57.9 Å². The summed E-state index contributed by atoms with van der Waals surface area (Å²) in [6.07, 6.45) is -2.23. The van der Waals surface area contributed by atoms with E-state index < -0.39 is 152 Å². The summed E-state index contributed by atoms with van der Waals surface area (Å²) < 4.78 is 0. The van der Waals surface area contributed by atoms with Gasteiger partial charge in [0, 0.05) is 25.4 Å². The highest BCUT2D eigenvalue weighted by Gasteiger charge is 2.38. The lowest BCUT2D eigenvalue weighted by atomic mass is 10.1. The number of guanidine groups is 2. The van der Waals surface area contributed by atoms with E-state index in [-0.39, 0.29) is 69.4 Å². The smallest absolute Gasteiger partial charge is 0.326 e. The number of aliphatic hydroxyl groups excluding tert-OH is 3. The van der Waals surface area contributed by atoms with Crippen molar-refractivity contribution in [1.82, 2.24) is 47.4 Å². The third-order valence-corrected chi connectivity index (χ3v) is 10.8. The highest BCUT2D eigenvalue weighted by Crippen LogP contribution is 2.18. The molecule has 1 aliphatic heterocycles. The molecular weight excluding hydrogens is 981 g/mol. The van der Waals surface area contributed by atoms with Crippen LogP contribution in [0.2, 0.25) is 0 Å². The van der Waals surface area contributed by atoms with Crippen molar-refractivity contribution < 1.29 is 78.3 Å². The Labute approximate surface area is 417 Å². The highest BCUT2D eigenvalue weighted by atomic mass is 32.1. The van der Waals surface area contributed by atoms with Gasteiger partial charge in [-0.1, -0.05) is 0 Å². The Balaban J connectivity index is 3.06. The maximum absolute atomic E-state index is 13.4. The molecule has 10 atom stereocenters. The average Bonchev–Trinajstić information content (AvgIpc) is 3.82. The summed E-state index contributed by atoms with van der Waals surface area (Å²) in [5.74, 6) is -13.0. The summed E-state index contributed by atoms with van der Waals surface area (Å²) in [6, 6.07) is -13.8. The molecule has 0 spiro atoms. The highest BCUT2D eigenvalue weighted by molar-refractivity contribution is 7.80. The van der Waals surface area contributed by atoms with E-state index in [1.807, 2.05) is 0 Å². The molecule has 0 radical (unpaired) electrons. The van der Waals surface area contributed by atoms with Crippen LogP contribution in [-0.2, 0) is 52.7 Å². The lowest BCUT2D eigenvalue weighted by molar-refractivity contribution is -0.149. The maximum Gasteiger partial charge on any atom is 0.326 e. The summed E-state index contributed by atoms with van der Waals surface area (Å²) in [6.45, 7) is -0.696. The molecule has 0 aromatic rings. The number of aliphatic imine (C=N–C) groups is 2. The van der Waals surface area contributed by atoms with Crippen LogP contribution < -0.4 is 71.2 Å². The van der Waals surface area contributed by atoms with E-state index in [0.29, 0.717) is 6.42 Å². The van der Waals surface area contributed by atoms with Crippen LogP contribution in [0, 0.1) is 0 Å². The Bertz CT molecular complexity index is 1990. The molecular formula is C39H68N16O16S. The van der Waals surface area contributed by atoms with Gasteiger partial charge in [0.25, 0.3) is 0 Å². The zero-order chi connectivity index (χ0) is 54.8. The number of hydrogen-bond acceptors (Lipinski definition) is 18. The van der Waals surface area contributed by atoms with Crippen molar-refractivity contribution >= 4 is 89.7 Å². The van der Waals surface area contributed by atoms with E-state index in [9.17, 15) is 78.3 Å². The Morgan fingerprint density at radius 2 is 1.11 bits per heavy atom. The van der Waals surface area contributed by atoms with Gasteiger partial charge < -0.3 is 102 Å². The monoisotopic (exact) mass is 1050 g/mol. The number of nitrogens with two attached hydrogens (primary N) is 5. The van der Waals surface area contributed by atoms with Crippen LogP contribution >= 0.6 is 12.6 Å². The molecule has 1 heterocycles. The number of nitrogens with one attached hydrogen (secondary N) is 8. The number of carbonyl (C=O) groups excluding carboxylic acids is 9. The van der Waals surface area contributed by atoms with Crippen molar-refractivity contribution in [2.45, 2.75) is 119 Å². The molecule has 406 valence electrons. The van der Waals surface area contributed by atoms with Crippen LogP contribution in [0.1, 0.15) is 58.8 Å². The quantitative estimate of drug-likeness (QED) is 0.0129. The van der Waals surface area contributed by atoms with Gasteiger partial charge >= 0.3 is 11.9 Å². The van der Waals surface area contributed by atoms with Crippen LogP contribution in [0.3, 0.4) is 0 Å². The SMILES string of the molecule is C[C@H](NC(=O)[C@H](CCCN=C(N)N)NC(=O)[C@H](CO)NC(=O)[C@H](CO)NC(=O)CNC(=O)[C@@H](NC(=O)[C@H](CC(=O)O)NC(=O)[C@H](CCCN=C(N)N)NC(=O)[C@@H](N)CS)[C@@H](C)O)C(=O)N1CCC[C@H]1C(=O)O. The summed E-state index contributed by atoms with van der Waals surface area (Å²) in [4.78, 5) is 150. The van der Waals surface area contributed by atoms with Crippen LogP contribution in [0.25, 0.3) is 0 Å². The normalized spacial score (nSPS) is 16.7. The van der Waals surface area contributed by atoms with Crippen molar-refractivity contribution in [3.05, 3.63) is 0 Å². The Morgan fingerprint density at radius 3 is 1.58 bits per heavy atom. The number of hydrogen-bond donors (Lipinski definition) is 19. The van der Waals surface area contributed by atoms with E-state index in [2.05, 4.69) is 65.1 Å². The lowest BCUT2D eigenvalue weighted by Gasteiger charge is -2.27. The first kappa shape index (κ1) is 62.9. The number of likely N-dealkylation sites (tertiary alicyclic amines) is 1. The first-order valence-corrected chi connectivity index (χ1v) is 22.9. The Hall–Kier alpha value is -7.10. The summed E-state index contributed by atoms with van der Waals surface area (Å²) >= 11 is 3.94. The van der Waals surface area contributed by atoms with Crippen LogP contribution in [0.15, 0.2) is 9.98 Å². The molecule has 72 heavy (non-hydrogen) atoms. The van der Waals surface area contributed by atoms with Gasteiger partial charge in [0.2, 0.25) is 53.2 Å². The lowest BCUT2D eigenvalue weighted by Crippen LogP contribution is -2.61. The molecule has 0 aromatic heterocycles. The molecule has 0 saturated carbocycles. The predicted octanol–water partition coefficient (Wildman–Crippen LogP) is -10.2. The number of thiol groups is 1. The van der Waals surface area contributed by atoms with Crippen molar-refractivity contribution in [3.63, 3.8) is 0 Å². The number of carbonyl (C=O) groups is 11. The minimum absolute atomic E-state index is 0.00714. The molecule has 0 aliphatic carbocycles. The molecule has 1 saturated heterocycles. The van der Waals surface area contributed by atoms with E-state index in [1.165, 1.54) is 6.92 Å². The largest absolute Gasteiger partial charge is 0.481 e. The predicted molar refractivity (Wildman–Crippen MR) is 254 cm³/mol. The number of amides is 9. The molecule has 32 nitrogen and oxygen atoms in total. The fourth-order valence-electron chi connectivity index (χ4n) is 6.59. The van der Waals surface area contributed by atoms with Gasteiger partial charge in [0.05, 0.1) is 38.3 Å². The maximum atomic E-state index is 13.4. The number of carboxylic acids is 2. The number of aliphatic carboxylic acids is 2. The van der Waals surface area contributed by atoms with E-state index >= 15 is 0 Å². The third-order valence-electron chi connectivity index (χ3n) is 10.4. The standard InChI is InChI=1S/C39H68N16O16S/c1-17(36(69)55-11-5-8-25(55)37(70)71)48-30(63)20(6-3-9-45-38(41)42)51-34(67)24(15-57)53-33(66)23(14-56)49-26(59)13-47-35(68)28(18(2)58)54-32(65)22(12-27(60)61)52-31(64)21(7-4-10-46-39(43)44)50-29(62)19(40)16-72/h17-25,28,56-58,72H,3-16,40H2,1-2H3,(H,47,68)(H,48,63)(H,49,59)(H,50,62)(H,51,67)(H,52,64)(H,53,66)(H,54,65)(H,60,61)(H,70,71)(H4,41,42,45)(H4,43,44,46)/t17-,18+,19-,20-,21-,22-,23-,24-,25-,28-/m0/s1. The van der Waals surface area contributed by atoms with Crippen LogP contribution in [-0.4, -0.2) is 213 Å². The molecule has 0 aromatic carbocycles. The van der Waals surface area contributed by atoms with Gasteiger partial charge in [-0.05, 0) is 52.4 Å². The second kappa shape index (κ2) is 32.0. The van der Waals surface area contributed by atoms with E-state index in [1.54, 1.807) is 0 Å². The zero-order valence-corrected chi connectivity index (χ0v) is 40.5. The summed E-state index contributed by atoms with van der Waals surface area (Å²) in [7, 11) is 0. The zero-order valence-electron chi connectivity index (χ0n) is 39.6. The molecule has 1 rings (SSSR count). The van der Waals surface area contributed by atoms with Gasteiger partial charge in [-0.2, -0.15) is 12.6 Å². The third kappa shape index (κ3) is 22.3. The van der Waals surface area contributed by atoms with E-state index in [4.69, 9.17) is 28.7 Å². The second-order valence-corrected chi connectivity index (χ2v) is 16.6. The minimum Gasteiger partial charge on any atom is -0.481 e. The molecule has 1 fully saturated rings. The fraction of sp³-hybridized carbons (Fsp3) is 0.667. The molecule has 0 unspecified atom stereocenters. The molecule has 1 aliphatic rings. The first-order valence-electron chi connectivity index (χ1n) is 22.3. The van der Waals surface area contributed by atoms with Crippen molar-refractivity contribution in [1.29, 1.82) is 0 Å². The number of rotatable bonds is 32. The molecule has 33 heteroatoms. The summed E-state index contributed by atoms with van der Waals surface area (Å²) in [5.41, 5.74) is 27.0. The number of nitrogens with zero attached hydrogens (tertiary/aromatic N) is 3. The van der Waals surface area contributed by atoms with Crippen LogP contribution in [0.4, 0.5) is 0 Å². The average molecular weight is 1050 g/mol. The number of carboxylic acid groups (broad SMARTS) is 2. The van der Waals surface area contributed by atoms with Gasteiger partial charge in [0.15, 0.2) is 11.9 Å². The molecule has 23 N–H and O–H groups in total. The Kier molecular flexibility index (Phi) is 28.0. The minimum atomic E-state index is -1.91. The van der Waals surface area contributed by atoms with Crippen molar-refractivity contribution in [3.8, 4) is 0 Å². The Morgan fingerprint density at radius 1 is 0.653 bits per heavy atom. The van der Waals surface area contributed by atoms with Crippen molar-refractivity contribution in [2.24, 2.45) is 38.7 Å². The van der Waals surface area contributed by atoms with Crippen molar-refractivity contribution in [2.75, 3.05) is 45.1 Å². The first-order chi connectivity index (χ1) is 33.8. The topological polar surface area (TPSA) is 543 Å². The summed E-state index contributed by atoms with van der Waals surface area (Å²) in [5, 5.41) is 66.9. The second-order valence-electron chi connectivity index (χ2n) is 16.2. The van der Waals surface area contributed by atoms with Gasteiger partial charge in [-0.25, -0.2) is 4.79 Å². The molecule has 9 amide bonds. The molecule has 0 bridgehead atoms. The number of aliphatic hydroxyl groups is 3. The van der Waals surface area contributed by atoms with Gasteiger partial charge in [0.1, 0.15) is 48.3 Å². The van der Waals surface area contributed by atoms with E-state index in [0.717, 1.165) is 11.8 Å². The van der Waals surface area contributed by atoms with Crippen LogP contribution in [0.5, 0.6) is 0 Å². The van der Waals surface area contributed by atoms with Gasteiger partial charge in [-0.15, -0.1) is 0 Å².